The zero-order valence-corrected chi connectivity index (χ0v) is 10.9. The van der Waals surface area contributed by atoms with Gasteiger partial charge in [0.15, 0.2) is 0 Å². The van der Waals surface area contributed by atoms with Crippen LogP contribution in [-0.4, -0.2) is 17.0 Å². The number of benzene rings is 1. The molecule has 1 aromatic carbocycles. The molecule has 0 heterocycles. The second-order valence-electron chi connectivity index (χ2n) is 4.45. The van der Waals surface area contributed by atoms with Crippen LogP contribution < -0.4 is 5.32 Å². The van der Waals surface area contributed by atoms with Gasteiger partial charge in [0.2, 0.25) is 5.91 Å². The minimum atomic E-state index is -4.59. The van der Waals surface area contributed by atoms with Crippen LogP contribution in [0.15, 0.2) is 24.3 Å². The van der Waals surface area contributed by atoms with Gasteiger partial charge in [-0.3, -0.25) is 9.59 Å². The fourth-order valence-corrected chi connectivity index (χ4v) is 1.53. The number of nitrogens with one attached hydrogen (secondary N) is 1. The van der Waals surface area contributed by atoms with Gasteiger partial charge in [-0.1, -0.05) is 26.0 Å². The van der Waals surface area contributed by atoms with E-state index < -0.39 is 35.5 Å². The highest BCUT2D eigenvalue weighted by Crippen LogP contribution is 2.34. The van der Waals surface area contributed by atoms with Crippen molar-refractivity contribution >= 4 is 17.6 Å². The van der Waals surface area contributed by atoms with Crippen molar-refractivity contribution in [3.8, 4) is 0 Å². The number of hydrogen-bond donors (Lipinski definition) is 2. The van der Waals surface area contributed by atoms with Gasteiger partial charge >= 0.3 is 12.1 Å². The minimum absolute atomic E-state index is 0.380. The number of aliphatic carboxylic acids is 1. The SMILES string of the molecule is CC(C(=O)O)C(C)C(=O)Nc1ccccc1C(F)(F)F. The average molecular weight is 289 g/mol. The van der Waals surface area contributed by atoms with Crippen LogP contribution in [0.1, 0.15) is 19.4 Å². The summed E-state index contributed by atoms with van der Waals surface area (Å²) in [6, 6.07) is 4.54. The van der Waals surface area contributed by atoms with Crippen LogP contribution in [0.25, 0.3) is 0 Å². The van der Waals surface area contributed by atoms with Gasteiger partial charge in [0.1, 0.15) is 0 Å². The fraction of sp³-hybridized carbons (Fsp3) is 0.385. The van der Waals surface area contributed by atoms with Gasteiger partial charge in [-0.05, 0) is 12.1 Å². The van der Waals surface area contributed by atoms with Crippen LogP contribution in [0, 0.1) is 11.8 Å². The molecule has 2 N–H and O–H groups in total. The van der Waals surface area contributed by atoms with Gasteiger partial charge in [0.05, 0.1) is 17.2 Å². The van der Waals surface area contributed by atoms with E-state index in [1.807, 2.05) is 0 Å². The minimum Gasteiger partial charge on any atom is -0.481 e. The van der Waals surface area contributed by atoms with Crippen LogP contribution in [-0.2, 0) is 15.8 Å². The number of alkyl halides is 3. The van der Waals surface area contributed by atoms with Crippen LogP contribution in [0.5, 0.6) is 0 Å². The number of amides is 1. The van der Waals surface area contributed by atoms with Crippen molar-refractivity contribution in [3.05, 3.63) is 29.8 Å². The first kappa shape index (κ1) is 16.0. The summed E-state index contributed by atoms with van der Waals surface area (Å²) in [4.78, 5) is 22.6. The van der Waals surface area contributed by atoms with Gasteiger partial charge in [-0.2, -0.15) is 13.2 Å². The topological polar surface area (TPSA) is 66.4 Å². The number of carbonyl (C=O) groups excluding carboxylic acids is 1. The lowest BCUT2D eigenvalue weighted by molar-refractivity contribution is -0.145. The third-order valence-corrected chi connectivity index (χ3v) is 3.04. The number of carboxylic acids is 1. The molecule has 20 heavy (non-hydrogen) atoms. The van der Waals surface area contributed by atoms with Crippen LogP contribution in [0.3, 0.4) is 0 Å². The molecule has 0 aliphatic rings. The van der Waals surface area contributed by atoms with E-state index in [4.69, 9.17) is 5.11 Å². The Bertz CT molecular complexity index is 514. The van der Waals surface area contributed by atoms with E-state index in [2.05, 4.69) is 5.32 Å². The molecule has 2 atom stereocenters. The lowest BCUT2D eigenvalue weighted by Gasteiger charge is -2.18. The summed E-state index contributed by atoms with van der Waals surface area (Å²) in [5.74, 6) is -3.89. The predicted molar refractivity (Wildman–Crippen MR) is 66.0 cm³/mol. The van der Waals surface area contributed by atoms with Crippen LogP contribution in [0.4, 0.5) is 18.9 Å². The largest absolute Gasteiger partial charge is 0.481 e. The summed E-state index contributed by atoms with van der Waals surface area (Å²) in [7, 11) is 0. The Hall–Kier alpha value is -2.05. The Labute approximate surface area is 113 Å². The molecular weight excluding hydrogens is 275 g/mol. The molecular formula is C13H14F3NO3. The number of hydrogen-bond acceptors (Lipinski definition) is 2. The lowest BCUT2D eigenvalue weighted by atomic mass is 9.95. The van der Waals surface area contributed by atoms with Gasteiger partial charge in [0, 0.05) is 5.92 Å². The molecule has 7 heteroatoms. The summed E-state index contributed by atoms with van der Waals surface area (Å²) < 4.78 is 38.2. The number of carbonyl (C=O) groups is 2. The zero-order valence-electron chi connectivity index (χ0n) is 10.9. The molecule has 0 saturated heterocycles. The molecule has 110 valence electrons. The second-order valence-corrected chi connectivity index (χ2v) is 4.45. The zero-order chi connectivity index (χ0) is 15.5. The number of rotatable bonds is 4. The highest BCUT2D eigenvalue weighted by atomic mass is 19.4. The summed E-state index contributed by atoms with van der Waals surface area (Å²) in [5, 5.41) is 10.9. The molecule has 1 rings (SSSR count). The molecule has 0 bridgehead atoms. The normalized spacial score (nSPS) is 14.4. The molecule has 0 fully saturated rings. The second kappa shape index (κ2) is 5.94. The number of anilines is 1. The van der Waals surface area contributed by atoms with Crippen molar-refractivity contribution in [2.45, 2.75) is 20.0 Å². The van der Waals surface area contributed by atoms with E-state index in [0.717, 1.165) is 12.1 Å². The van der Waals surface area contributed by atoms with Crippen LogP contribution in [0.2, 0.25) is 0 Å². The van der Waals surface area contributed by atoms with Gasteiger partial charge in [-0.25, -0.2) is 0 Å². The highest BCUT2D eigenvalue weighted by Gasteiger charge is 2.34. The van der Waals surface area contributed by atoms with Gasteiger partial charge in [-0.15, -0.1) is 0 Å². The molecule has 0 saturated carbocycles. The summed E-state index contributed by atoms with van der Waals surface area (Å²) in [6.45, 7) is 2.67. The summed E-state index contributed by atoms with van der Waals surface area (Å²) in [5.41, 5.74) is -1.35. The number of halogens is 3. The van der Waals surface area contributed by atoms with Crippen molar-refractivity contribution in [1.29, 1.82) is 0 Å². The third kappa shape index (κ3) is 3.72. The quantitative estimate of drug-likeness (QED) is 0.895. The summed E-state index contributed by atoms with van der Waals surface area (Å²) >= 11 is 0. The molecule has 0 aliphatic carbocycles. The molecule has 0 aliphatic heterocycles. The smallest absolute Gasteiger partial charge is 0.418 e. The molecule has 1 amide bonds. The van der Waals surface area contributed by atoms with E-state index in [1.165, 1.54) is 26.0 Å². The molecule has 2 unspecified atom stereocenters. The van der Waals surface area contributed by atoms with E-state index in [0.29, 0.717) is 0 Å². The Morgan fingerprint density at radius 1 is 1.15 bits per heavy atom. The Morgan fingerprint density at radius 3 is 2.20 bits per heavy atom. The maximum atomic E-state index is 12.7. The maximum Gasteiger partial charge on any atom is 0.418 e. The van der Waals surface area contributed by atoms with Crippen LogP contribution >= 0.6 is 0 Å². The molecule has 0 radical (unpaired) electrons. The highest BCUT2D eigenvalue weighted by molar-refractivity contribution is 5.95. The predicted octanol–water partition coefficient (Wildman–Crippen LogP) is 3.00. The molecule has 1 aromatic rings. The first-order chi connectivity index (χ1) is 9.14. The van der Waals surface area contributed by atoms with Crippen molar-refractivity contribution in [2.75, 3.05) is 5.32 Å². The van der Waals surface area contributed by atoms with Crippen molar-refractivity contribution in [2.24, 2.45) is 11.8 Å². The third-order valence-electron chi connectivity index (χ3n) is 3.04. The van der Waals surface area contributed by atoms with E-state index in [1.54, 1.807) is 0 Å². The molecule has 0 spiro atoms. The lowest BCUT2D eigenvalue weighted by Crippen LogP contribution is -2.30. The maximum absolute atomic E-state index is 12.7. The molecule has 0 aromatic heterocycles. The van der Waals surface area contributed by atoms with E-state index >= 15 is 0 Å². The Morgan fingerprint density at radius 2 is 1.70 bits per heavy atom. The Balaban J connectivity index is 2.95. The standard InChI is InChI=1S/C13H14F3NO3/c1-7(8(2)12(19)20)11(18)17-10-6-4-3-5-9(10)13(14,15)16/h3-8H,1-2H3,(H,17,18)(H,19,20). The first-order valence-corrected chi connectivity index (χ1v) is 5.84. The van der Waals surface area contributed by atoms with Gasteiger partial charge < -0.3 is 10.4 Å². The van der Waals surface area contributed by atoms with Gasteiger partial charge in [0.25, 0.3) is 0 Å². The number of para-hydroxylation sites is 1. The van der Waals surface area contributed by atoms with Crippen molar-refractivity contribution < 1.29 is 27.9 Å². The average Bonchev–Trinajstić information content (AvgIpc) is 2.36. The monoisotopic (exact) mass is 289 g/mol. The first-order valence-electron chi connectivity index (χ1n) is 5.84. The fourth-order valence-electron chi connectivity index (χ4n) is 1.53. The molecule has 4 nitrogen and oxygen atoms in total. The Kier molecular flexibility index (Phi) is 4.75. The van der Waals surface area contributed by atoms with Crippen molar-refractivity contribution in [1.82, 2.24) is 0 Å². The van der Waals surface area contributed by atoms with E-state index in [-0.39, 0.29) is 5.69 Å². The number of carboxylic acid groups (broad SMARTS) is 1. The van der Waals surface area contributed by atoms with Crippen molar-refractivity contribution in [3.63, 3.8) is 0 Å². The summed E-state index contributed by atoms with van der Waals surface area (Å²) in [6.07, 6.45) is -4.59. The van der Waals surface area contributed by atoms with E-state index in [9.17, 15) is 22.8 Å².